The van der Waals surface area contributed by atoms with Gasteiger partial charge in [0.1, 0.15) is 5.69 Å². The first-order valence-electron chi connectivity index (χ1n) is 12.5. The molecule has 39 heavy (non-hydrogen) atoms. The van der Waals surface area contributed by atoms with Crippen molar-refractivity contribution in [2.24, 2.45) is 0 Å². The Morgan fingerprint density at radius 1 is 1.00 bits per heavy atom. The molecule has 0 atom stereocenters. The summed E-state index contributed by atoms with van der Waals surface area (Å²) in [6.45, 7) is 3.60. The van der Waals surface area contributed by atoms with Crippen molar-refractivity contribution in [3.63, 3.8) is 0 Å². The van der Waals surface area contributed by atoms with Gasteiger partial charge >= 0.3 is 6.18 Å². The minimum absolute atomic E-state index is 0.0517. The quantitative estimate of drug-likeness (QED) is 0.375. The standard InChI is InChI=1S/C30H26F3N5O/c1-37-10-12-38(13-11-37)20-22-14-25(30(31,32)33)17-26(15-22)36-29(39)28-16-21(8-9-35-28)6-7-24-19-34-18-23-4-2-3-5-27(23)24/h2-5,8-9,14-19H,10-13,20H2,1H3,(H,36,39). The minimum atomic E-state index is -4.54. The molecule has 1 N–H and O–H groups in total. The highest BCUT2D eigenvalue weighted by atomic mass is 19.4. The van der Waals surface area contributed by atoms with Crippen molar-refractivity contribution in [1.82, 2.24) is 19.8 Å². The molecule has 0 unspecified atom stereocenters. The third kappa shape index (κ3) is 6.60. The number of rotatable bonds is 4. The lowest BCUT2D eigenvalue weighted by Crippen LogP contribution is -2.43. The Kier molecular flexibility index (Phi) is 7.59. The molecule has 1 saturated heterocycles. The summed E-state index contributed by atoms with van der Waals surface area (Å²) in [4.78, 5) is 25.6. The number of fused-ring (bicyclic) bond motifs is 1. The average Bonchev–Trinajstić information content (AvgIpc) is 2.93. The van der Waals surface area contributed by atoms with E-state index in [0.29, 0.717) is 17.7 Å². The molecule has 4 aromatic rings. The Balaban J connectivity index is 1.36. The van der Waals surface area contributed by atoms with E-state index in [1.807, 2.05) is 31.3 Å². The number of benzene rings is 2. The minimum Gasteiger partial charge on any atom is -0.321 e. The van der Waals surface area contributed by atoms with Gasteiger partial charge in [-0.3, -0.25) is 19.7 Å². The second kappa shape index (κ2) is 11.2. The molecule has 2 aromatic heterocycles. The SMILES string of the molecule is CN1CCN(Cc2cc(NC(=O)c3cc(C#Cc4cncc5ccccc45)ccn3)cc(C(F)(F)F)c2)CC1. The van der Waals surface area contributed by atoms with E-state index in [0.717, 1.165) is 54.6 Å². The Bertz CT molecular complexity index is 1560. The zero-order valence-corrected chi connectivity index (χ0v) is 21.3. The van der Waals surface area contributed by atoms with Crippen molar-refractivity contribution in [3.8, 4) is 11.8 Å². The first-order valence-corrected chi connectivity index (χ1v) is 12.5. The summed E-state index contributed by atoms with van der Waals surface area (Å²) in [5, 5.41) is 4.52. The summed E-state index contributed by atoms with van der Waals surface area (Å²) >= 11 is 0. The lowest BCUT2D eigenvalue weighted by atomic mass is 10.1. The molecular formula is C30H26F3N5O. The van der Waals surface area contributed by atoms with Crippen molar-refractivity contribution in [2.75, 3.05) is 38.5 Å². The monoisotopic (exact) mass is 529 g/mol. The number of halogens is 3. The second-order valence-corrected chi connectivity index (χ2v) is 9.54. The summed E-state index contributed by atoms with van der Waals surface area (Å²) in [5.74, 6) is 5.50. The van der Waals surface area contributed by atoms with Gasteiger partial charge in [-0.15, -0.1) is 0 Å². The van der Waals surface area contributed by atoms with Crippen LogP contribution in [0.4, 0.5) is 18.9 Å². The van der Waals surface area contributed by atoms with E-state index in [1.54, 1.807) is 24.5 Å². The molecule has 0 saturated carbocycles. The van der Waals surface area contributed by atoms with E-state index < -0.39 is 17.6 Å². The summed E-state index contributed by atoms with van der Waals surface area (Å²) in [7, 11) is 2.02. The molecule has 1 aliphatic heterocycles. The highest BCUT2D eigenvalue weighted by molar-refractivity contribution is 6.03. The second-order valence-electron chi connectivity index (χ2n) is 9.54. The maximum Gasteiger partial charge on any atom is 0.416 e. The maximum absolute atomic E-state index is 13.6. The predicted molar refractivity (Wildman–Crippen MR) is 144 cm³/mol. The summed E-state index contributed by atoms with van der Waals surface area (Å²) in [6, 6.07) is 14.6. The zero-order valence-electron chi connectivity index (χ0n) is 21.3. The van der Waals surface area contributed by atoms with Crippen molar-refractivity contribution in [2.45, 2.75) is 12.7 Å². The average molecular weight is 530 g/mol. The van der Waals surface area contributed by atoms with Crippen LogP contribution in [0.3, 0.4) is 0 Å². The number of alkyl halides is 3. The van der Waals surface area contributed by atoms with Gasteiger partial charge in [0.05, 0.1) is 11.1 Å². The molecular weight excluding hydrogens is 503 g/mol. The first-order chi connectivity index (χ1) is 18.7. The number of carbonyl (C=O) groups is 1. The number of anilines is 1. The molecule has 0 radical (unpaired) electrons. The molecule has 0 spiro atoms. The van der Waals surface area contributed by atoms with E-state index in [9.17, 15) is 18.0 Å². The molecule has 198 valence electrons. The topological polar surface area (TPSA) is 61.4 Å². The first kappa shape index (κ1) is 26.4. The van der Waals surface area contributed by atoms with Crippen molar-refractivity contribution < 1.29 is 18.0 Å². The molecule has 9 heteroatoms. The largest absolute Gasteiger partial charge is 0.416 e. The molecule has 3 heterocycles. The van der Waals surface area contributed by atoms with Crippen LogP contribution in [-0.2, 0) is 12.7 Å². The number of carbonyl (C=O) groups excluding carboxylic acids is 1. The number of likely N-dealkylation sites (N-methyl/N-ethyl adjacent to an activating group) is 1. The molecule has 6 nitrogen and oxygen atoms in total. The molecule has 1 amide bonds. The van der Waals surface area contributed by atoms with Crippen LogP contribution in [0.2, 0.25) is 0 Å². The van der Waals surface area contributed by atoms with Crippen LogP contribution in [0.5, 0.6) is 0 Å². The number of hydrogen-bond donors (Lipinski definition) is 1. The lowest BCUT2D eigenvalue weighted by molar-refractivity contribution is -0.137. The van der Waals surface area contributed by atoms with Gasteiger partial charge in [-0.25, -0.2) is 0 Å². The Morgan fingerprint density at radius 2 is 1.79 bits per heavy atom. The van der Waals surface area contributed by atoms with Gasteiger partial charge in [-0.2, -0.15) is 13.2 Å². The van der Waals surface area contributed by atoms with E-state index in [1.165, 1.54) is 12.3 Å². The van der Waals surface area contributed by atoms with Gasteiger partial charge in [-0.1, -0.05) is 36.1 Å². The number of nitrogens with zero attached hydrogens (tertiary/aromatic N) is 4. The van der Waals surface area contributed by atoms with E-state index >= 15 is 0 Å². The Morgan fingerprint density at radius 3 is 2.59 bits per heavy atom. The van der Waals surface area contributed by atoms with Crippen LogP contribution < -0.4 is 5.32 Å². The molecule has 5 rings (SSSR count). The lowest BCUT2D eigenvalue weighted by Gasteiger charge is -2.32. The number of pyridine rings is 2. The third-order valence-electron chi connectivity index (χ3n) is 6.58. The van der Waals surface area contributed by atoms with Gasteiger partial charge in [0.25, 0.3) is 5.91 Å². The summed E-state index contributed by atoms with van der Waals surface area (Å²) < 4.78 is 40.9. The van der Waals surface area contributed by atoms with Gasteiger partial charge in [0.2, 0.25) is 0 Å². The van der Waals surface area contributed by atoms with Crippen LogP contribution in [0.25, 0.3) is 10.8 Å². The summed E-state index contributed by atoms with van der Waals surface area (Å²) in [6.07, 6.45) is 0.351. The van der Waals surface area contributed by atoms with Crippen molar-refractivity contribution in [1.29, 1.82) is 0 Å². The van der Waals surface area contributed by atoms with Crippen molar-refractivity contribution >= 4 is 22.4 Å². The number of aromatic nitrogens is 2. The smallest absolute Gasteiger partial charge is 0.321 e. The maximum atomic E-state index is 13.6. The van der Waals surface area contributed by atoms with Crippen LogP contribution >= 0.6 is 0 Å². The summed E-state index contributed by atoms with van der Waals surface area (Å²) in [5.41, 5.74) is 1.09. The number of amides is 1. The fourth-order valence-corrected chi connectivity index (χ4v) is 4.47. The number of nitrogens with one attached hydrogen (secondary N) is 1. The van der Waals surface area contributed by atoms with Crippen LogP contribution in [0, 0.1) is 11.8 Å². The predicted octanol–water partition coefficient (Wildman–Crippen LogP) is 5.05. The van der Waals surface area contributed by atoms with Crippen LogP contribution in [0.1, 0.15) is 32.7 Å². The normalized spacial score (nSPS) is 14.6. The fraction of sp³-hybridized carbons (Fsp3) is 0.233. The number of piperazine rings is 1. The van der Waals surface area contributed by atoms with E-state index in [-0.39, 0.29) is 11.4 Å². The molecule has 0 bridgehead atoms. The van der Waals surface area contributed by atoms with Crippen LogP contribution in [0.15, 0.2) is 73.2 Å². The molecule has 1 fully saturated rings. The van der Waals surface area contributed by atoms with E-state index in [2.05, 4.69) is 36.9 Å². The molecule has 0 aliphatic carbocycles. The highest BCUT2D eigenvalue weighted by Crippen LogP contribution is 2.32. The zero-order chi connectivity index (χ0) is 27.4. The Labute approximate surface area is 224 Å². The third-order valence-corrected chi connectivity index (χ3v) is 6.58. The number of hydrogen-bond acceptors (Lipinski definition) is 5. The van der Waals surface area contributed by atoms with Gasteiger partial charge < -0.3 is 10.2 Å². The highest BCUT2D eigenvalue weighted by Gasteiger charge is 2.31. The molecule has 2 aromatic carbocycles. The van der Waals surface area contributed by atoms with Gasteiger partial charge in [0.15, 0.2) is 0 Å². The van der Waals surface area contributed by atoms with E-state index in [4.69, 9.17) is 0 Å². The van der Waals surface area contributed by atoms with Crippen LogP contribution in [-0.4, -0.2) is 58.9 Å². The molecule has 1 aliphatic rings. The fourth-order valence-electron chi connectivity index (χ4n) is 4.47. The Hall–Kier alpha value is -4.26. The van der Waals surface area contributed by atoms with Gasteiger partial charge in [0, 0.05) is 73.3 Å². The van der Waals surface area contributed by atoms with Crippen molar-refractivity contribution in [3.05, 3.63) is 101 Å². The van der Waals surface area contributed by atoms with Gasteiger partial charge in [-0.05, 0) is 42.9 Å².